The number of fused-ring (bicyclic) bond motifs is 1. The van der Waals surface area contributed by atoms with E-state index in [9.17, 15) is 0 Å². The molecule has 1 atom stereocenters. The molecule has 4 nitrogen and oxygen atoms in total. The molecule has 0 radical (unpaired) electrons. The Balaban J connectivity index is 2.04. The van der Waals surface area contributed by atoms with Gasteiger partial charge in [-0.05, 0) is 25.3 Å². The van der Waals surface area contributed by atoms with Gasteiger partial charge in [0.1, 0.15) is 5.52 Å². The third-order valence-electron chi connectivity index (χ3n) is 3.87. The molecule has 0 aliphatic carbocycles. The first-order valence-electron chi connectivity index (χ1n) is 8.22. The normalized spacial score (nSPS) is 13.0. The van der Waals surface area contributed by atoms with Gasteiger partial charge in [-0.25, -0.2) is 9.50 Å². The quantitative estimate of drug-likeness (QED) is 0.720. The molecule has 1 N–H and O–H groups in total. The number of nitrogens with zero attached hydrogens (tertiary/aromatic N) is 3. The second-order valence-corrected chi connectivity index (χ2v) is 6.22. The number of hydrogen-bond acceptors (Lipinski definition) is 3. The lowest BCUT2D eigenvalue weighted by atomic mass is 10.1. The number of hydrogen-bond donors (Lipinski definition) is 1. The van der Waals surface area contributed by atoms with Crippen LogP contribution >= 0.6 is 0 Å². The minimum absolute atomic E-state index is 0.434. The van der Waals surface area contributed by atoms with Crippen LogP contribution in [0.4, 0.5) is 5.82 Å². The highest BCUT2D eigenvalue weighted by molar-refractivity contribution is 5.68. The molecular formula is C17H28N4. The van der Waals surface area contributed by atoms with Crippen molar-refractivity contribution in [2.24, 2.45) is 0 Å². The van der Waals surface area contributed by atoms with Crippen LogP contribution in [-0.2, 0) is 0 Å². The topological polar surface area (TPSA) is 42.2 Å². The van der Waals surface area contributed by atoms with E-state index in [-0.39, 0.29) is 0 Å². The van der Waals surface area contributed by atoms with E-state index in [2.05, 4.69) is 49.2 Å². The fourth-order valence-electron chi connectivity index (χ4n) is 2.52. The number of nitrogens with one attached hydrogen (secondary N) is 1. The Hall–Kier alpha value is -1.58. The van der Waals surface area contributed by atoms with Crippen molar-refractivity contribution in [1.29, 1.82) is 0 Å². The molecule has 0 saturated heterocycles. The Morgan fingerprint density at radius 2 is 2.00 bits per heavy atom. The molecule has 0 bridgehead atoms. The SMILES string of the molecule is CCCCCCC(C)Nc1nccn2nc(C(C)C)cc12. The minimum Gasteiger partial charge on any atom is -0.366 e. The summed E-state index contributed by atoms with van der Waals surface area (Å²) in [7, 11) is 0. The molecule has 0 saturated carbocycles. The summed E-state index contributed by atoms with van der Waals surface area (Å²) in [5, 5.41) is 8.15. The molecule has 2 rings (SSSR count). The van der Waals surface area contributed by atoms with Crippen LogP contribution < -0.4 is 5.32 Å². The molecule has 0 spiro atoms. The third kappa shape index (κ3) is 4.19. The summed E-state index contributed by atoms with van der Waals surface area (Å²) in [6, 6.07) is 2.59. The molecule has 21 heavy (non-hydrogen) atoms. The Morgan fingerprint density at radius 1 is 1.19 bits per heavy atom. The van der Waals surface area contributed by atoms with E-state index in [0.29, 0.717) is 12.0 Å². The molecule has 2 aromatic heterocycles. The Kier molecular flexibility index (Phi) is 5.59. The zero-order valence-corrected chi connectivity index (χ0v) is 13.8. The average Bonchev–Trinajstić information content (AvgIpc) is 2.89. The van der Waals surface area contributed by atoms with Crippen molar-refractivity contribution in [2.75, 3.05) is 5.32 Å². The minimum atomic E-state index is 0.434. The van der Waals surface area contributed by atoms with Crippen LogP contribution in [0, 0.1) is 0 Å². The molecule has 0 aliphatic rings. The largest absolute Gasteiger partial charge is 0.366 e. The summed E-state index contributed by atoms with van der Waals surface area (Å²) in [6.07, 6.45) is 10.1. The summed E-state index contributed by atoms with van der Waals surface area (Å²) in [5.74, 6) is 1.38. The van der Waals surface area contributed by atoms with Gasteiger partial charge in [0.15, 0.2) is 5.82 Å². The van der Waals surface area contributed by atoms with E-state index < -0.39 is 0 Å². The van der Waals surface area contributed by atoms with Gasteiger partial charge < -0.3 is 5.32 Å². The highest BCUT2D eigenvalue weighted by Crippen LogP contribution is 2.21. The third-order valence-corrected chi connectivity index (χ3v) is 3.87. The summed E-state index contributed by atoms with van der Waals surface area (Å²) in [6.45, 7) is 8.81. The van der Waals surface area contributed by atoms with E-state index in [1.807, 2.05) is 16.9 Å². The molecule has 2 aromatic rings. The van der Waals surface area contributed by atoms with Gasteiger partial charge in [-0.2, -0.15) is 5.10 Å². The van der Waals surface area contributed by atoms with Crippen molar-refractivity contribution in [2.45, 2.75) is 71.8 Å². The van der Waals surface area contributed by atoms with Gasteiger partial charge in [0.25, 0.3) is 0 Å². The van der Waals surface area contributed by atoms with Crippen molar-refractivity contribution in [3.05, 3.63) is 24.2 Å². The van der Waals surface area contributed by atoms with Gasteiger partial charge in [-0.15, -0.1) is 0 Å². The maximum atomic E-state index is 4.60. The fraction of sp³-hybridized carbons (Fsp3) is 0.647. The van der Waals surface area contributed by atoms with Crippen molar-refractivity contribution in [3.63, 3.8) is 0 Å². The molecule has 1 unspecified atom stereocenters. The first-order valence-corrected chi connectivity index (χ1v) is 8.22. The van der Waals surface area contributed by atoms with Gasteiger partial charge in [0, 0.05) is 18.4 Å². The first-order chi connectivity index (χ1) is 10.1. The van der Waals surface area contributed by atoms with Crippen LogP contribution in [0.25, 0.3) is 5.52 Å². The van der Waals surface area contributed by atoms with Crippen LogP contribution in [0.5, 0.6) is 0 Å². The van der Waals surface area contributed by atoms with Crippen LogP contribution in [0.3, 0.4) is 0 Å². The van der Waals surface area contributed by atoms with E-state index in [1.54, 1.807) is 0 Å². The summed E-state index contributed by atoms with van der Waals surface area (Å²) < 4.78 is 1.93. The molecule has 0 fully saturated rings. The highest BCUT2D eigenvalue weighted by Gasteiger charge is 2.11. The smallest absolute Gasteiger partial charge is 0.152 e. The zero-order chi connectivity index (χ0) is 15.2. The average molecular weight is 288 g/mol. The molecule has 2 heterocycles. The molecule has 4 heteroatoms. The lowest BCUT2D eigenvalue weighted by Crippen LogP contribution is -2.16. The number of aromatic nitrogens is 3. The van der Waals surface area contributed by atoms with E-state index in [1.165, 1.54) is 32.1 Å². The second kappa shape index (κ2) is 7.43. The van der Waals surface area contributed by atoms with Gasteiger partial charge >= 0.3 is 0 Å². The van der Waals surface area contributed by atoms with E-state index in [4.69, 9.17) is 0 Å². The van der Waals surface area contributed by atoms with Gasteiger partial charge in [-0.3, -0.25) is 0 Å². The Labute approximate surface area is 128 Å². The zero-order valence-electron chi connectivity index (χ0n) is 13.8. The Morgan fingerprint density at radius 3 is 2.71 bits per heavy atom. The fourth-order valence-corrected chi connectivity index (χ4v) is 2.52. The molecule has 0 aromatic carbocycles. The first kappa shape index (κ1) is 15.8. The van der Waals surface area contributed by atoms with Gasteiger partial charge in [0.05, 0.1) is 5.69 Å². The highest BCUT2D eigenvalue weighted by atomic mass is 15.2. The van der Waals surface area contributed by atoms with Crippen molar-refractivity contribution >= 4 is 11.3 Å². The van der Waals surface area contributed by atoms with E-state index >= 15 is 0 Å². The van der Waals surface area contributed by atoms with Crippen LogP contribution in [0.1, 0.15) is 71.4 Å². The monoisotopic (exact) mass is 288 g/mol. The summed E-state index contributed by atoms with van der Waals surface area (Å²) >= 11 is 0. The standard InChI is InChI=1S/C17H28N4/c1-5-6-7-8-9-14(4)19-17-16-12-15(13(2)3)20-21(16)11-10-18-17/h10-14H,5-9H2,1-4H3,(H,18,19). The van der Waals surface area contributed by atoms with E-state index in [0.717, 1.165) is 17.0 Å². The maximum absolute atomic E-state index is 4.60. The molecule has 0 amide bonds. The Bertz CT molecular complexity index is 559. The predicted molar refractivity (Wildman–Crippen MR) is 88.9 cm³/mol. The number of rotatable bonds is 8. The number of unbranched alkanes of at least 4 members (excludes halogenated alkanes) is 3. The molecular weight excluding hydrogens is 260 g/mol. The summed E-state index contributed by atoms with van der Waals surface area (Å²) in [4.78, 5) is 4.49. The van der Waals surface area contributed by atoms with Crippen LogP contribution in [0.2, 0.25) is 0 Å². The van der Waals surface area contributed by atoms with Crippen LogP contribution in [0.15, 0.2) is 18.5 Å². The molecule has 0 aliphatic heterocycles. The van der Waals surface area contributed by atoms with Crippen molar-refractivity contribution < 1.29 is 0 Å². The van der Waals surface area contributed by atoms with Crippen molar-refractivity contribution in [3.8, 4) is 0 Å². The lowest BCUT2D eigenvalue weighted by Gasteiger charge is -2.14. The molecule has 116 valence electrons. The lowest BCUT2D eigenvalue weighted by molar-refractivity contribution is 0.593. The maximum Gasteiger partial charge on any atom is 0.152 e. The van der Waals surface area contributed by atoms with Crippen LogP contribution in [-0.4, -0.2) is 20.6 Å². The van der Waals surface area contributed by atoms with Gasteiger partial charge in [-0.1, -0.05) is 46.5 Å². The predicted octanol–water partition coefficient (Wildman–Crippen LogP) is 4.62. The second-order valence-electron chi connectivity index (χ2n) is 6.22. The van der Waals surface area contributed by atoms with Crippen molar-refractivity contribution in [1.82, 2.24) is 14.6 Å². The van der Waals surface area contributed by atoms with Gasteiger partial charge in [0.2, 0.25) is 0 Å². The number of anilines is 1. The summed E-state index contributed by atoms with van der Waals surface area (Å²) in [5.41, 5.74) is 2.18.